The van der Waals surface area contributed by atoms with Crippen LogP contribution >= 0.6 is 0 Å². The van der Waals surface area contributed by atoms with E-state index in [0.717, 1.165) is 33.8 Å². The first kappa shape index (κ1) is 43.4. The molecule has 0 aliphatic heterocycles. The van der Waals surface area contributed by atoms with E-state index in [1.807, 2.05) is 72.8 Å². The highest BCUT2D eigenvalue weighted by atomic mass is 32.2. The predicted molar refractivity (Wildman–Crippen MR) is 217 cm³/mol. The molecule has 0 bridgehead atoms. The standard InChI is InChI=1S/C22H27N3O5S.C19H21N3O4S/c1-17(26)14-24-13-12-22(23-24)31(27,28)25(15-18-4-8-20(29-2)9-5-18)16-19-6-10-21(30-3)11-7-19;1-25-17-7-3-15(4-8-17)13-22(27(23,24)19-11-12-20-21-19)14-16-5-9-18(26-2)10-6-16/h4-13,17,26H,14-16H2,1-3H3;3-12H,13-14H2,1-2H3,(H,20,21)/t17-;/m1./s1. The van der Waals surface area contributed by atoms with Crippen molar-refractivity contribution < 1.29 is 40.9 Å². The minimum atomic E-state index is -3.89. The van der Waals surface area contributed by atoms with Crippen molar-refractivity contribution in [2.45, 2.75) is 55.8 Å². The predicted octanol–water partition coefficient (Wildman–Crippen LogP) is 5.49. The highest BCUT2D eigenvalue weighted by molar-refractivity contribution is 7.89. The number of rotatable bonds is 18. The van der Waals surface area contributed by atoms with Gasteiger partial charge in [-0.1, -0.05) is 48.5 Å². The first-order valence-corrected chi connectivity index (χ1v) is 21.0. The molecule has 0 aliphatic rings. The maximum atomic E-state index is 13.4. The van der Waals surface area contributed by atoms with Crippen molar-refractivity contribution in [3.63, 3.8) is 0 Å². The lowest BCUT2D eigenvalue weighted by atomic mass is 10.2. The van der Waals surface area contributed by atoms with Crippen LogP contribution in [-0.2, 0) is 52.8 Å². The number of aromatic nitrogens is 4. The Kier molecular flexibility index (Phi) is 15.1. The molecule has 2 N–H and O–H groups in total. The molecule has 4 aromatic carbocycles. The van der Waals surface area contributed by atoms with Gasteiger partial charge in [0, 0.05) is 32.4 Å². The molecule has 6 rings (SSSR count). The minimum absolute atomic E-state index is 0.0597. The normalized spacial score (nSPS) is 12.1. The zero-order chi connectivity index (χ0) is 41.7. The van der Waals surface area contributed by atoms with Crippen LogP contribution in [0.3, 0.4) is 0 Å². The van der Waals surface area contributed by atoms with Crippen LogP contribution in [0.2, 0.25) is 0 Å². The Labute approximate surface area is 339 Å². The molecule has 2 heterocycles. The number of nitrogens with one attached hydrogen (secondary N) is 1. The van der Waals surface area contributed by atoms with Crippen LogP contribution in [0.4, 0.5) is 0 Å². The van der Waals surface area contributed by atoms with Crippen LogP contribution in [0.25, 0.3) is 0 Å². The molecule has 1 atom stereocenters. The van der Waals surface area contributed by atoms with Gasteiger partial charge in [-0.3, -0.25) is 9.78 Å². The number of methoxy groups -OCH3 is 4. The lowest BCUT2D eigenvalue weighted by Crippen LogP contribution is -2.30. The molecule has 0 radical (unpaired) electrons. The summed E-state index contributed by atoms with van der Waals surface area (Å²) in [6, 6.07) is 32.1. The molecule has 0 fully saturated rings. The Hall–Kier alpha value is -5.72. The van der Waals surface area contributed by atoms with Gasteiger partial charge in [-0.2, -0.15) is 18.8 Å². The molecule has 0 aliphatic carbocycles. The summed E-state index contributed by atoms with van der Waals surface area (Å²) >= 11 is 0. The van der Waals surface area contributed by atoms with Crippen molar-refractivity contribution in [2.24, 2.45) is 0 Å². The van der Waals surface area contributed by atoms with Crippen molar-refractivity contribution in [3.05, 3.63) is 144 Å². The molecule has 58 heavy (non-hydrogen) atoms. The molecule has 2 aromatic heterocycles. The van der Waals surface area contributed by atoms with Crippen LogP contribution in [0.15, 0.2) is 132 Å². The maximum Gasteiger partial charge on any atom is 0.262 e. The van der Waals surface area contributed by atoms with E-state index in [0.29, 0.717) is 11.5 Å². The van der Waals surface area contributed by atoms with E-state index in [1.54, 1.807) is 65.8 Å². The third-order valence-corrected chi connectivity index (χ3v) is 12.2. The molecule has 0 saturated heterocycles. The smallest absolute Gasteiger partial charge is 0.262 e. The second-order valence-electron chi connectivity index (χ2n) is 13.1. The number of nitrogens with zero attached hydrogens (tertiary/aromatic N) is 5. The number of hydrogen-bond donors (Lipinski definition) is 2. The van der Waals surface area contributed by atoms with Crippen LogP contribution < -0.4 is 18.9 Å². The average molecular weight is 833 g/mol. The monoisotopic (exact) mass is 832 g/mol. The highest BCUT2D eigenvalue weighted by Gasteiger charge is 2.28. The molecular formula is C41H48N6O9S2. The van der Waals surface area contributed by atoms with E-state index in [9.17, 15) is 21.9 Å². The Morgan fingerprint density at radius 3 is 1.26 bits per heavy atom. The van der Waals surface area contributed by atoms with Crippen molar-refractivity contribution >= 4 is 20.0 Å². The van der Waals surface area contributed by atoms with Crippen LogP contribution in [-0.4, -0.2) is 85.1 Å². The van der Waals surface area contributed by atoms with Gasteiger partial charge in [0.2, 0.25) is 0 Å². The van der Waals surface area contributed by atoms with Crippen LogP contribution in [0.1, 0.15) is 29.2 Å². The summed E-state index contributed by atoms with van der Waals surface area (Å²) in [6.45, 7) is 2.61. The molecule has 0 spiro atoms. The van der Waals surface area contributed by atoms with Crippen LogP contribution in [0, 0.1) is 0 Å². The molecule has 17 heteroatoms. The minimum Gasteiger partial charge on any atom is -0.497 e. The number of hydrogen-bond acceptors (Lipinski definition) is 11. The average Bonchev–Trinajstić information content (AvgIpc) is 3.96. The van der Waals surface area contributed by atoms with E-state index < -0.39 is 26.2 Å². The Balaban J connectivity index is 0.000000223. The summed E-state index contributed by atoms with van der Waals surface area (Å²) in [5.41, 5.74) is 3.35. The van der Waals surface area contributed by atoms with Gasteiger partial charge in [-0.15, -0.1) is 0 Å². The molecule has 0 unspecified atom stereocenters. The molecular weight excluding hydrogens is 785 g/mol. The Bertz CT molecular complexity index is 2270. The Morgan fingerprint density at radius 1 is 0.586 bits per heavy atom. The second kappa shape index (κ2) is 20.1. The van der Waals surface area contributed by atoms with Gasteiger partial charge in [0.05, 0.1) is 47.3 Å². The number of ether oxygens (including phenoxy) is 4. The van der Waals surface area contributed by atoms with E-state index in [1.165, 1.54) is 31.6 Å². The zero-order valence-corrected chi connectivity index (χ0v) is 34.6. The van der Waals surface area contributed by atoms with Gasteiger partial charge in [-0.25, -0.2) is 16.8 Å². The quantitative estimate of drug-likeness (QED) is 0.112. The second-order valence-corrected chi connectivity index (χ2v) is 16.9. The largest absolute Gasteiger partial charge is 0.497 e. The summed E-state index contributed by atoms with van der Waals surface area (Å²) in [4.78, 5) is 0. The fourth-order valence-electron chi connectivity index (χ4n) is 5.70. The van der Waals surface area contributed by atoms with E-state index in [-0.39, 0.29) is 42.8 Å². The van der Waals surface area contributed by atoms with Gasteiger partial charge in [-0.05, 0) is 89.8 Å². The fourth-order valence-corrected chi connectivity index (χ4v) is 8.36. The van der Waals surface area contributed by atoms with E-state index in [2.05, 4.69) is 15.3 Å². The van der Waals surface area contributed by atoms with E-state index in [4.69, 9.17) is 18.9 Å². The lowest BCUT2D eigenvalue weighted by Gasteiger charge is -2.22. The highest BCUT2D eigenvalue weighted by Crippen LogP contribution is 2.24. The number of aliphatic hydroxyl groups excluding tert-OH is 1. The number of aliphatic hydroxyl groups is 1. The van der Waals surface area contributed by atoms with Gasteiger partial charge in [0.15, 0.2) is 10.1 Å². The fraction of sp³-hybridized carbons (Fsp3) is 0.268. The van der Waals surface area contributed by atoms with Crippen molar-refractivity contribution in [3.8, 4) is 23.0 Å². The third kappa shape index (κ3) is 11.7. The van der Waals surface area contributed by atoms with Crippen molar-refractivity contribution in [1.82, 2.24) is 28.6 Å². The maximum absolute atomic E-state index is 13.4. The summed E-state index contributed by atoms with van der Waals surface area (Å²) in [5, 5.41) is 20.0. The van der Waals surface area contributed by atoms with E-state index >= 15 is 0 Å². The summed E-state index contributed by atoms with van der Waals surface area (Å²) in [6.07, 6.45) is 2.34. The molecule has 308 valence electrons. The van der Waals surface area contributed by atoms with Crippen molar-refractivity contribution in [2.75, 3.05) is 28.4 Å². The third-order valence-electron chi connectivity index (χ3n) is 8.84. The molecule has 6 aromatic rings. The van der Waals surface area contributed by atoms with Crippen molar-refractivity contribution in [1.29, 1.82) is 0 Å². The topological polar surface area (TPSA) is 178 Å². The number of sulfonamides is 2. The summed E-state index contributed by atoms with van der Waals surface area (Å²) in [5.74, 6) is 2.84. The first-order valence-electron chi connectivity index (χ1n) is 18.1. The summed E-state index contributed by atoms with van der Waals surface area (Å²) < 4.78 is 77.9. The number of aromatic amines is 1. The number of benzene rings is 4. The van der Waals surface area contributed by atoms with Crippen LogP contribution in [0.5, 0.6) is 23.0 Å². The van der Waals surface area contributed by atoms with Gasteiger partial charge < -0.3 is 24.1 Å². The molecule has 0 saturated carbocycles. The van der Waals surface area contributed by atoms with Gasteiger partial charge in [0.25, 0.3) is 20.0 Å². The zero-order valence-electron chi connectivity index (χ0n) is 32.9. The van der Waals surface area contributed by atoms with Gasteiger partial charge in [0.1, 0.15) is 23.0 Å². The summed E-state index contributed by atoms with van der Waals surface area (Å²) in [7, 11) is -1.27. The van der Waals surface area contributed by atoms with Gasteiger partial charge >= 0.3 is 0 Å². The SMILES string of the molecule is COc1ccc(CN(Cc2ccc(OC)cc2)S(=O)(=O)c2ccn(C[C@@H](C)O)n2)cc1.COc1ccc(CN(Cc2ccc(OC)cc2)S(=O)(=O)c2ccn[nH]2)cc1. The number of H-pyrrole nitrogens is 1. The Morgan fingerprint density at radius 2 is 0.948 bits per heavy atom. The first-order chi connectivity index (χ1) is 27.8. The molecule has 15 nitrogen and oxygen atoms in total. The molecule has 0 amide bonds. The lowest BCUT2D eigenvalue weighted by molar-refractivity contribution is 0.168.